The summed E-state index contributed by atoms with van der Waals surface area (Å²) in [5.74, 6) is -1.91. The van der Waals surface area contributed by atoms with E-state index in [4.69, 9.17) is 5.11 Å². The summed E-state index contributed by atoms with van der Waals surface area (Å²) in [6, 6.07) is 0. The van der Waals surface area contributed by atoms with Gasteiger partial charge >= 0.3 is 0 Å². The summed E-state index contributed by atoms with van der Waals surface area (Å²) in [5.41, 5.74) is -2.10. The van der Waals surface area contributed by atoms with Gasteiger partial charge in [0.15, 0.2) is 6.10 Å². The fourth-order valence-corrected chi connectivity index (χ4v) is 1.30. The Kier molecular flexibility index (Phi) is 4.56. The van der Waals surface area contributed by atoms with Crippen LogP contribution in [0.4, 0.5) is 0 Å². The van der Waals surface area contributed by atoms with Crippen LogP contribution in [0.2, 0.25) is 0 Å². The van der Waals surface area contributed by atoms with Crippen LogP contribution in [-0.2, 0) is 9.59 Å². The van der Waals surface area contributed by atoms with Crippen molar-refractivity contribution in [2.45, 2.75) is 24.4 Å². The van der Waals surface area contributed by atoms with Crippen LogP contribution in [0.1, 0.15) is 6.42 Å². The molecule has 16 heavy (non-hydrogen) atoms. The highest BCUT2D eigenvalue weighted by Gasteiger charge is 2.51. The van der Waals surface area contributed by atoms with Gasteiger partial charge in [-0.1, -0.05) is 0 Å². The van der Waals surface area contributed by atoms with E-state index in [2.05, 4.69) is 0 Å². The molecular formula is C9H17NO6. The molecule has 0 unspecified atom stereocenters. The minimum Gasteiger partial charge on any atom is -0.547 e. The number of aliphatic carboxylic acids is 1. The molecule has 0 aromatic heterocycles. The van der Waals surface area contributed by atoms with E-state index in [1.54, 1.807) is 0 Å². The van der Waals surface area contributed by atoms with Gasteiger partial charge in [-0.05, 0) is 0 Å². The maximum atomic E-state index is 10.4. The average molecular weight is 235 g/mol. The normalized spacial score (nSPS) is 19.6. The molecular weight excluding hydrogens is 218 g/mol. The fourth-order valence-electron chi connectivity index (χ4n) is 1.30. The first-order valence-electron chi connectivity index (χ1n) is 4.62. The van der Waals surface area contributed by atoms with Gasteiger partial charge in [-0.25, -0.2) is 0 Å². The van der Waals surface area contributed by atoms with Crippen LogP contribution in [0.5, 0.6) is 0 Å². The number of aldehydes is 1. The van der Waals surface area contributed by atoms with Crippen molar-refractivity contribution in [2.24, 2.45) is 0 Å². The van der Waals surface area contributed by atoms with Gasteiger partial charge in [0.2, 0.25) is 5.72 Å². The maximum absolute atomic E-state index is 10.4. The lowest BCUT2D eigenvalue weighted by molar-refractivity contribution is -0.954. The molecule has 0 aromatic carbocycles. The van der Waals surface area contributed by atoms with Crippen LogP contribution in [0.25, 0.3) is 0 Å². The first-order chi connectivity index (χ1) is 7.08. The molecule has 0 saturated heterocycles. The zero-order valence-electron chi connectivity index (χ0n) is 9.45. The Morgan fingerprint density at radius 3 is 2.12 bits per heavy atom. The lowest BCUT2D eigenvalue weighted by atomic mass is 9.95. The van der Waals surface area contributed by atoms with Gasteiger partial charge in [0.1, 0.15) is 12.4 Å². The van der Waals surface area contributed by atoms with Crippen LogP contribution < -0.4 is 5.11 Å². The van der Waals surface area contributed by atoms with Gasteiger partial charge < -0.3 is 34.5 Å². The maximum Gasteiger partial charge on any atom is 0.236 e. The number of carboxylic acid groups (broad SMARTS) is 1. The zero-order valence-corrected chi connectivity index (χ0v) is 9.45. The molecule has 0 fully saturated rings. The number of carbonyl (C=O) groups is 2. The largest absolute Gasteiger partial charge is 0.547 e. The molecule has 0 saturated carbocycles. The molecule has 0 amide bonds. The molecule has 7 heteroatoms. The highest BCUT2D eigenvalue weighted by molar-refractivity contribution is 5.70. The molecule has 0 aliphatic rings. The number of likely N-dealkylation sites (N-methyl/N-ethyl adjacent to an activating group) is 1. The van der Waals surface area contributed by atoms with Crippen molar-refractivity contribution in [3.8, 4) is 0 Å². The lowest BCUT2D eigenvalue weighted by Crippen LogP contribution is -2.68. The molecule has 0 heterocycles. The monoisotopic (exact) mass is 235 g/mol. The summed E-state index contributed by atoms with van der Waals surface area (Å²) in [7, 11) is 4.36. The van der Waals surface area contributed by atoms with E-state index in [0.717, 1.165) is 0 Å². The molecule has 0 aliphatic carbocycles. The van der Waals surface area contributed by atoms with Crippen molar-refractivity contribution in [3.63, 3.8) is 0 Å². The third kappa shape index (κ3) is 2.76. The minimum atomic E-state index is -2.26. The third-order valence-corrected chi connectivity index (χ3v) is 2.56. The van der Waals surface area contributed by atoms with Crippen LogP contribution in [0.3, 0.4) is 0 Å². The highest BCUT2D eigenvalue weighted by Crippen LogP contribution is 2.25. The van der Waals surface area contributed by atoms with Gasteiger partial charge in [-0.15, -0.1) is 0 Å². The summed E-state index contributed by atoms with van der Waals surface area (Å²) in [5, 5.41) is 39.2. The van der Waals surface area contributed by atoms with Gasteiger partial charge in [0, 0.05) is 0 Å². The van der Waals surface area contributed by atoms with Crippen LogP contribution >= 0.6 is 0 Å². The van der Waals surface area contributed by atoms with Gasteiger partial charge in [0.25, 0.3) is 0 Å². The quantitative estimate of drug-likeness (QED) is 0.249. The van der Waals surface area contributed by atoms with Crippen molar-refractivity contribution >= 4 is 12.3 Å². The number of carboxylic acids is 1. The lowest BCUT2D eigenvalue weighted by Gasteiger charge is -2.44. The van der Waals surface area contributed by atoms with E-state index in [0.29, 0.717) is 6.29 Å². The average Bonchev–Trinajstić information content (AvgIpc) is 2.13. The molecule has 3 N–H and O–H groups in total. The standard InChI is InChI=1S/C9H17NO6/c1-10(2,3)9(16,4-5-11)7(13)6(12)8(14)15/h5-7,12-13,16H,4H2,1-3H3/t6-,7+,9+/m0/s1. The number of nitrogens with zero attached hydrogens (tertiary/aromatic N) is 1. The molecule has 0 radical (unpaired) electrons. The summed E-state index contributed by atoms with van der Waals surface area (Å²) in [6.45, 7) is 0. The number of rotatable bonds is 6. The van der Waals surface area contributed by atoms with E-state index >= 15 is 0 Å². The van der Waals surface area contributed by atoms with E-state index in [1.807, 2.05) is 0 Å². The SMILES string of the molecule is C[N+](C)(C)[C@@](O)(CC=O)[C@H](O)[C@H](O)C(=O)[O-]. The Morgan fingerprint density at radius 1 is 1.44 bits per heavy atom. The van der Waals surface area contributed by atoms with E-state index < -0.39 is 30.3 Å². The number of aliphatic hydroxyl groups is 3. The summed E-state index contributed by atoms with van der Waals surface area (Å²) < 4.78 is -0.308. The zero-order chi connectivity index (χ0) is 13.1. The van der Waals surface area contributed by atoms with Crippen molar-refractivity contribution in [1.82, 2.24) is 0 Å². The molecule has 3 atom stereocenters. The Labute approximate surface area is 93.1 Å². The second-order valence-electron chi connectivity index (χ2n) is 4.47. The Hall–Kier alpha value is -1.02. The second kappa shape index (κ2) is 4.88. The topological polar surface area (TPSA) is 118 Å². The molecule has 0 aromatic rings. The van der Waals surface area contributed by atoms with Crippen LogP contribution in [0, 0.1) is 0 Å². The number of hydrogen-bond donors (Lipinski definition) is 3. The predicted molar refractivity (Wildman–Crippen MR) is 50.7 cm³/mol. The Bertz CT molecular complexity index is 274. The predicted octanol–water partition coefficient (Wildman–Crippen LogP) is -3.56. The van der Waals surface area contributed by atoms with Crippen LogP contribution in [0.15, 0.2) is 0 Å². The minimum absolute atomic E-state index is 0.308. The van der Waals surface area contributed by atoms with Gasteiger partial charge in [0.05, 0.1) is 33.5 Å². The highest BCUT2D eigenvalue weighted by atomic mass is 16.4. The summed E-state index contributed by atoms with van der Waals surface area (Å²) in [4.78, 5) is 20.8. The van der Waals surface area contributed by atoms with Crippen molar-refractivity contribution in [3.05, 3.63) is 0 Å². The number of carbonyl (C=O) groups excluding carboxylic acids is 2. The third-order valence-electron chi connectivity index (χ3n) is 2.56. The number of quaternary nitrogens is 1. The molecule has 7 nitrogen and oxygen atoms in total. The van der Waals surface area contributed by atoms with E-state index in [9.17, 15) is 24.9 Å². The second-order valence-corrected chi connectivity index (χ2v) is 4.47. The first-order valence-corrected chi connectivity index (χ1v) is 4.62. The Morgan fingerprint density at radius 2 is 1.88 bits per heavy atom. The van der Waals surface area contributed by atoms with Crippen LogP contribution in [-0.4, -0.2) is 71.1 Å². The molecule has 0 spiro atoms. The van der Waals surface area contributed by atoms with E-state index in [-0.39, 0.29) is 4.48 Å². The molecule has 94 valence electrons. The summed E-state index contributed by atoms with van der Waals surface area (Å²) in [6.07, 6.45) is -4.46. The smallest absolute Gasteiger partial charge is 0.236 e. The number of aliphatic hydroxyl groups excluding tert-OH is 2. The first kappa shape index (κ1) is 15.0. The van der Waals surface area contributed by atoms with Gasteiger partial charge in [-0.2, -0.15) is 0 Å². The fraction of sp³-hybridized carbons (Fsp3) is 0.778. The van der Waals surface area contributed by atoms with E-state index in [1.165, 1.54) is 21.1 Å². The van der Waals surface area contributed by atoms with Crippen molar-refractivity contribution in [2.75, 3.05) is 21.1 Å². The van der Waals surface area contributed by atoms with Crippen molar-refractivity contribution in [1.29, 1.82) is 0 Å². The Balaban J connectivity index is 5.20. The number of hydrogen-bond acceptors (Lipinski definition) is 6. The van der Waals surface area contributed by atoms with Crippen molar-refractivity contribution < 1.29 is 34.5 Å². The summed E-state index contributed by atoms with van der Waals surface area (Å²) >= 11 is 0. The van der Waals surface area contributed by atoms with Gasteiger partial charge in [-0.3, -0.25) is 0 Å². The molecule has 0 rings (SSSR count). The molecule has 0 bridgehead atoms. The molecule has 0 aliphatic heterocycles.